The first-order valence-corrected chi connectivity index (χ1v) is 24.6. The molecular weight excluding hydrogens is 635 g/mol. The number of unbranched alkanes of at least 4 members (excludes halogenated alkanes) is 36. The van der Waals surface area contributed by atoms with Crippen LogP contribution in [0.4, 0.5) is 0 Å². The summed E-state index contributed by atoms with van der Waals surface area (Å²) in [6.07, 6.45) is 58.7. The highest BCUT2D eigenvalue weighted by molar-refractivity contribution is 5.29. The molecule has 0 atom stereocenters. The molecule has 0 spiro atoms. The van der Waals surface area contributed by atoms with Gasteiger partial charge in [-0.3, -0.25) is 0 Å². The zero-order valence-corrected chi connectivity index (χ0v) is 37.0. The number of quaternary nitrogens is 1. The van der Waals surface area contributed by atoms with E-state index in [2.05, 4.69) is 27.7 Å². The van der Waals surface area contributed by atoms with Gasteiger partial charge in [0.05, 0.1) is 26.2 Å². The van der Waals surface area contributed by atoms with Gasteiger partial charge in [0.25, 0.3) is 0 Å². The van der Waals surface area contributed by atoms with Gasteiger partial charge in [0.15, 0.2) is 0 Å². The number of carbonyl (C=O) groups is 1. The van der Waals surface area contributed by atoms with Gasteiger partial charge in [-0.1, -0.05) is 233 Å². The first-order chi connectivity index (χ1) is 25.7. The van der Waals surface area contributed by atoms with Crippen LogP contribution in [0.5, 0.6) is 0 Å². The van der Waals surface area contributed by atoms with Gasteiger partial charge in [-0.15, -0.1) is 0 Å². The number of nitrogens with zero attached hydrogens (tertiary/aromatic N) is 1. The molecule has 0 amide bonds. The summed E-state index contributed by atoms with van der Waals surface area (Å²) in [5.41, 5.74) is 0. The second kappa shape index (κ2) is 48.4. The lowest BCUT2D eigenvalue weighted by atomic mass is 10.0. The van der Waals surface area contributed by atoms with Gasteiger partial charge in [-0.05, 0) is 51.4 Å². The maximum absolute atomic E-state index is 8.25. The van der Waals surface area contributed by atoms with Crippen molar-refractivity contribution in [2.45, 2.75) is 285 Å². The Kier molecular flexibility index (Phi) is 49.9. The molecule has 0 bridgehead atoms. The molecule has 3 nitrogen and oxygen atoms in total. The Hall–Kier alpha value is -0.570. The molecule has 0 heterocycles. The van der Waals surface area contributed by atoms with Gasteiger partial charge in [-0.25, -0.2) is 0 Å². The third-order valence-corrected chi connectivity index (χ3v) is 11.9. The highest BCUT2D eigenvalue weighted by Crippen LogP contribution is 2.22. The predicted octanol–water partition coefficient (Wildman–Crippen LogP) is 15.9. The Morgan fingerprint density at radius 3 is 0.519 bits per heavy atom. The Balaban J connectivity index is 0. The van der Waals surface area contributed by atoms with Gasteiger partial charge in [0.1, 0.15) is 0 Å². The van der Waals surface area contributed by atoms with Crippen LogP contribution in [0.15, 0.2) is 0 Å². The van der Waals surface area contributed by atoms with Gasteiger partial charge >= 0.3 is 0 Å². The molecule has 52 heavy (non-hydrogen) atoms. The van der Waals surface area contributed by atoms with E-state index < -0.39 is 6.47 Å². The highest BCUT2D eigenvalue weighted by atomic mass is 16.3. The summed E-state index contributed by atoms with van der Waals surface area (Å²) in [6.45, 7) is 14.8. The molecule has 0 radical (unpaired) electrons. The van der Waals surface area contributed by atoms with Gasteiger partial charge < -0.3 is 14.4 Å². The molecule has 314 valence electrons. The van der Waals surface area contributed by atoms with Crippen molar-refractivity contribution in [3.63, 3.8) is 0 Å². The van der Waals surface area contributed by atoms with Crippen molar-refractivity contribution in [2.24, 2.45) is 0 Å². The first kappa shape index (κ1) is 53.5. The van der Waals surface area contributed by atoms with Crippen LogP contribution in [0.1, 0.15) is 285 Å². The van der Waals surface area contributed by atoms with Crippen LogP contribution in [-0.2, 0) is 4.79 Å². The predicted molar refractivity (Wildman–Crippen MR) is 233 cm³/mol. The number of hydrogen-bond donors (Lipinski definition) is 0. The molecule has 0 rings (SSSR count). The van der Waals surface area contributed by atoms with E-state index >= 15 is 0 Å². The van der Waals surface area contributed by atoms with Crippen molar-refractivity contribution in [3.05, 3.63) is 0 Å². The van der Waals surface area contributed by atoms with Crippen LogP contribution in [0.2, 0.25) is 0 Å². The summed E-state index contributed by atoms with van der Waals surface area (Å²) in [5, 5.41) is 8.25. The maximum atomic E-state index is 8.25. The molecule has 0 saturated carbocycles. The topological polar surface area (TPSA) is 40.1 Å². The van der Waals surface area contributed by atoms with E-state index in [9.17, 15) is 0 Å². The van der Waals surface area contributed by atoms with Crippen molar-refractivity contribution in [3.8, 4) is 0 Å². The van der Waals surface area contributed by atoms with Gasteiger partial charge in [-0.2, -0.15) is 0 Å². The summed E-state index contributed by atoms with van der Waals surface area (Å²) in [6, 6.07) is 0. The molecule has 0 aliphatic carbocycles. The Labute approximate surface area is 330 Å². The lowest BCUT2D eigenvalue weighted by Gasteiger charge is -2.40. The Morgan fingerprint density at radius 1 is 0.269 bits per heavy atom. The third kappa shape index (κ3) is 43.8. The Bertz CT molecular complexity index is 521. The van der Waals surface area contributed by atoms with Gasteiger partial charge in [0, 0.05) is 6.47 Å². The molecule has 0 fully saturated rings. The van der Waals surface area contributed by atoms with Crippen molar-refractivity contribution < 1.29 is 14.4 Å². The van der Waals surface area contributed by atoms with Crippen LogP contribution < -0.4 is 5.11 Å². The molecule has 0 unspecified atom stereocenters. The lowest BCUT2D eigenvalue weighted by Crippen LogP contribution is -2.50. The minimum Gasteiger partial charge on any atom is -0.554 e. The molecule has 0 saturated heterocycles. The zero-order chi connectivity index (χ0) is 38.3. The van der Waals surface area contributed by atoms with E-state index in [0.29, 0.717) is 0 Å². The van der Waals surface area contributed by atoms with E-state index in [0.717, 1.165) is 0 Å². The molecule has 0 aromatic rings. The van der Waals surface area contributed by atoms with E-state index in [1.54, 1.807) is 0 Å². The van der Waals surface area contributed by atoms with Crippen LogP contribution in [0.3, 0.4) is 0 Å². The largest absolute Gasteiger partial charge is 0.554 e. The van der Waals surface area contributed by atoms with Crippen molar-refractivity contribution in [1.29, 1.82) is 0 Å². The van der Waals surface area contributed by atoms with Gasteiger partial charge in [0.2, 0.25) is 0 Å². The highest BCUT2D eigenvalue weighted by Gasteiger charge is 2.25. The van der Waals surface area contributed by atoms with Crippen LogP contribution in [0, 0.1) is 0 Å². The normalized spacial score (nSPS) is 11.5. The Morgan fingerprint density at radius 2 is 0.385 bits per heavy atom. The molecule has 0 aliphatic heterocycles. The third-order valence-electron chi connectivity index (χ3n) is 11.9. The fraction of sp³-hybridized carbons (Fsp3) is 0.980. The summed E-state index contributed by atoms with van der Waals surface area (Å²) in [4.78, 5) is 8.25. The van der Waals surface area contributed by atoms with E-state index in [1.807, 2.05) is 0 Å². The van der Waals surface area contributed by atoms with Crippen LogP contribution in [0.25, 0.3) is 0 Å². The second-order valence-corrected chi connectivity index (χ2v) is 17.1. The molecule has 0 aromatic heterocycles. The second-order valence-electron chi connectivity index (χ2n) is 17.1. The minimum absolute atomic E-state index is 0.500. The van der Waals surface area contributed by atoms with E-state index in [1.165, 1.54) is 287 Å². The summed E-state index contributed by atoms with van der Waals surface area (Å²) in [7, 11) is 0. The fourth-order valence-corrected chi connectivity index (χ4v) is 8.41. The smallest absolute Gasteiger partial charge is 0.0786 e. The SMILES string of the molecule is CCCCCCCCCCCC[N+](CCCCCCCCCCCC)(CCCCCCCCCCCC)CCCCCCCCCCCC.O=C[O-]. The number of carbonyl (C=O) groups excluding carboxylic acids is 1. The number of hydrogen-bond acceptors (Lipinski definition) is 2. The standard InChI is InChI=1S/C48H100N.CH2O2/c1-5-9-13-17-21-25-29-33-37-41-45-49(46-42-38-34-30-26-22-18-14-10-6-2,47-43-39-35-31-27-23-19-15-11-7-3)48-44-40-36-32-28-24-20-16-12-8-4;2-1-3/h5-48H2,1-4H3;1H,(H,2,3)/q+1;/p-1. The van der Waals surface area contributed by atoms with E-state index in [-0.39, 0.29) is 0 Å². The number of carboxylic acid groups (broad SMARTS) is 1. The van der Waals surface area contributed by atoms with Crippen molar-refractivity contribution in [1.82, 2.24) is 0 Å². The van der Waals surface area contributed by atoms with Crippen molar-refractivity contribution >= 4 is 6.47 Å². The van der Waals surface area contributed by atoms with Crippen LogP contribution >= 0.6 is 0 Å². The minimum atomic E-state index is -0.500. The molecule has 0 aromatic carbocycles. The van der Waals surface area contributed by atoms with E-state index in [4.69, 9.17) is 9.90 Å². The molecular formula is C49H101NO2. The lowest BCUT2D eigenvalue weighted by molar-refractivity contribution is -0.929. The zero-order valence-electron chi connectivity index (χ0n) is 37.0. The summed E-state index contributed by atoms with van der Waals surface area (Å²) < 4.78 is 1.49. The molecule has 0 aliphatic rings. The summed E-state index contributed by atoms with van der Waals surface area (Å²) >= 11 is 0. The van der Waals surface area contributed by atoms with Crippen LogP contribution in [-0.4, -0.2) is 37.1 Å². The average molecular weight is 736 g/mol. The van der Waals surface area contributed by atoms with Crippen molar-refractivity contribution in [2.75, 3.05) is 26.2 Å². The molecule has 3 heteroatoms. The first-order valence-electron chi connectivity index (χ1n) is 24.6. The molecule has 0 N–H and O–H groups in total. The average Bonchev–Trinajstić information content (AvgIpc) is 3.15. The quantitative estimate of drug-likeness (QED) is 0.0355. The number of rotatable bonds is 44. The fourth-order valence-electron chi connectivity index (χ4n) is 8.41. The summed E-state index contributed by atoms with van der Waals surface area (Å²) in [5.74, 6) is 0. The maximum Gasteiger partial charge on any atom is 0.0786 e. The monoisotopic (exact) mass is 736 g/mol.